The molecular weight excluding hydrogens is 208 g/mol. The van der Waals surface area contributed by atoms with Crippen LogP contribution in [-0.2, 0) is 0 Å². The Balaban J connectivity index is 4.06. The van der Waals surface area contributed by atoms with Crippen molar-refractivity contribution in [3.8, 4) is 0 Å². The van der Waals surface area contributed by atoms with Crippen molar-refractivity contribution in [3.05, 3.63) is 0 Å². The number of carbonyl (C=O) groups excluding carboxylic acids is 2. The van der Waals surface area contributed by atoms with E-state index < -0.39 is 0 Å². The Morgan fingerprint density at radius 3 is 1.12 bits per heavy atom. The fourth-order valence-electron chi connectivity index (χ4n) is 1.17. The fourth-order valence-corrected chi connectivity index (χ4v) is 1.17. The van der Waals surface area contributed by atoms with Crippen molar-refractivity contribution < 1.29 is 9.59 Å². The second-order valence-electron chi connectivity index (χ2n) is 4.20. The van der Waals surface area contributed by atoms with Gasteiger partial charge >= 0.3 is 12.1 Å². The highest BCUT2D eigenvalue weighted by Gasteiger charge is 2.14. The molecular formula is C10H22N4O2. The number of carbonyl (C=O) groups is 2. The van der Waals surface area contributed by atoms with Crippen LogP contribution in [0, 0.1) is 0 Å². The standard InChI is InChI=1S/C10H22N4O2/c1-11(2)9(15)13(5)7-8-14(6)10(16)12(3)4/h7-8H2,1-6H3. The minimum Gasteiger partial charge on any atom is -0.331 e. The van der Waals surface area contributed by atoms with Crippen molar-refractivity contribution in [1.29, 1.82) is 0 Å². The van der Waals surface area contributed by atoms with E-state index in [1.165, 1.54) is 9.80 Å². The van der Waals surface area contributed by atoms with Crippen LogP contribution in [0.25, 0.3) is 0 Å². The normalized spacial score (nSPS) is 9.62. The number of hydrogen-bond donors (Lipinski definition) is 0. The molecule has 0 atom stereocenters. The predicted molar refractivity (Wildman–Crippen MR) is 63.4 cm³/mol. The van der Waals surface area contributed by atoms with Crippen LogP contribution in [0.15, 0.2) is 0 Å². The van der Waals surface area contributed by atoms with Crippen LogP contribution in [-0.4, -0.2) is 87.0 Å². The summed E-state index contributed by atoms with van der Waals surface area (Å²) in [6.07, 6.45) is 0. The maximum absolute atomic E-state index is 11.5. The highest BCUT2D eigenvalue weighted by atomic mass is 16.2. The quantitative estimate of drug-likeness (QED) is 0.696. The first kappa shape index (κ1) is 14.5. The summed E-state index contributed by atoms with van der Waals surface area (Å²) in [6.45, 7) is 1.04. The van der Waals surface area contributed by atoms with E-state index in [1.54, 1.807) is 52.1 Å². The van der Waals surface area contributed by atoms with Gasteiger partial charge in [-0.3, -0.25) is 0 Å². The first-order valence-corrected chi connectivity index (χ1v) is 5.12. The molecule has 0 aromatic heterocycles. The van der Waals surface area contributed by atoms with Gasteiger partial charge in [-0.2, -0.15) is 0 Å². The average molecular weight is 230 g/mol. The molecule has 0 aliphatic rings. The first-order chi connectivity index (χ1) is 7.27. The summed E-state index contributed by atoms with van der Waals surface area (Å²) in [5.74, 6) is 0. The van der Waals surface area contributed by atoms with Crippen LogP contribution in [0.4, 0.5) is 9.59 Å². The zero-order valence-electron chi connectivity index (χ0n) is 11.0. The van der Waals surface area contributed by atoms with E-state index in [0.717, 1.165) is 0 Å². The second-order valence-corrected chi connectivity index (χ2v) is 4.20. The van der Waals surface area contributed by atoms with Gasteiger partial charge in [0.1, 0.15) is 0 Å². The van der Waals surface area contributed by atoms with E-state index >= 15 is 0 Å². The number of hydrogen-bond acceptors (Lipinski definition) is 2. The average Bonchev–Trinajstić information content (AvgIpc) is 2.22. The van der Waals surface area contributed by atoms with Crippen LogP contribution in [0.3, 0.4) is 0 Å². The fraction of sp³-hybridized carbons (Fsp3) is 0.800. The highest BCUT2D eigenvalue weighted by Crippen LogP contribution is 1.94. The zero-order chi connectivity index (χ0) is 12.9. The smallest absolute Gasteiger partial charge is 0.319 e. The molecule has 6 heteroatoms. The molecule has 0 saturated carbocycles. The number of urea groups is 2. The van der Waals surface area contributed by atoms with Crippen LogP contribution in [0.5, 0.6) is 0 Å². The van der Waals surface area contributed by atoms with Crippen molar-refractivity contribution in [3.63, 3.8) is 0 Å². The Hall–Kier alpha value is -1.46. The highest BCUT2D eigenvalue weighted by molar-refractivity contribution is 5.74. The van der Waals surface area contributed by atoms with Gasteiger partial charge in [0.25, 0.3) is 0 Å². The molecule has 0 aliphatic carbocycles. The molecule has 0 saturated heterocycles. The molecule has 16 heavy (non-hydrogen) atoms. The van der Waals surface area contributed by atoms with Crippen LogP contribution in [0.1, 0.15) is 0 Å². The molecule has 0 heterocycles. The van der Waals surface area contributed by atoms with Gasteiger partial charge in [0.15, 0.2) is 0 Å². The number of rotatable bonds is 3. The Bertz CT molecular complexity index is 227. The van der Waals surface area contributed by atoms with Gasteiger partial charge in [0, 0.05) is 55.4 Å². The van der Waals surface area contributed by atoms with Crippen molar-refractivity contribution in [2.24, 2.45) is 0 Å². The van der Waals surface area contributed by atoms with Crippen molar-refractivity contribution >= 4 is 12.1 Å². The SMILES string of the molecule is CN(C)C(=O)N(C)CCN(C)C(=O)N(C)C. The second kappa shape index (κ2) is 6.19. The molecule has 94 valence electrons. The third-order valence-electron chi connectivity index (χ3n) is 2.19. The summed E-state index contributed by atoms with van der Waals surface area (Å²) in [7, 11) is 10.2. The molecule has 0 aromatic carbocycles. The minimum atomic E-state index is -0.0642. The summed E-state index contributed by atoms with van der Waals surface area (Å²) >= 11 is 0. The molecule has 4 amide bonds. The van der Waals surface area contributed by atoms with Gasteiger partial charge in [-0.1, -0.05) is 0 Å². The van der Waals surface area contributed by atoms with E-state index in [2.05, 4.69) is 0 Å². The van der Waals surface area contributed by atoms with Crippen molar-refractivity contribution in [1.82, 2.24) is 19.6 Å². The number of likely N-dealkylation sites (N-methyl/N-ethyl adjacent to an activating group) is 2. The van der Waals surface area contributed by atoms with E-state index in [-0.39, 0.29) is 12.1 Å². The molecule has 6 nitrogen and oxygen atoms in total. The molecule has 0 aliphatic heterocycles. The maximum Gasteiger partial charge on any atom is 0.319 e. The predicted octanol–water partition coefficient (Wildman–Crippen LogP) is 0.213. The summed E-state index contributed by atoms with van der Waals surface area (Å²) in [5, 5.41) is 0. The third kappa shape index (κ3) is 4.37. The van der Waals surface area contributed by atoms with E-state index in [1.807, 2.05) is 0 Å². The Labute approximate surface area is 97.4 Å². The van der Waals surface area contributed by atoms with Gasteiger partial charge < -0.3 is 19.6 Å². The third-order valence-corrected chi connectivity index (χ3v) is 2.19. The van der Waals surface area contributed by atoms with Gasteiger partial charge in [0.05, 0.1) is 0 Å². The van der Waals surface area contributed by atoms with Crippen molar-refractivity contribution in [2.45, 2.75) is 0 Å². The molecule has 0 unspecified atom stereocenters. The molecule has 0 N–H and O–H groups in total. The molecule has 0 rings (SSSR count). The van der Waals surface area contributed by atoms with Crippen LogP contribution in [0.2, 0.25) is 0 Å². The lowest BCUT2D eigenvalue weighted by molar-refractivity contribution is 0.164. The molecule has 0 radical (unpaired) electrons. The van der Waals surface area contributed by atoms with Gasteiger partial charge in [-0.25, -0.2) is 9.59 Å². The topological polar surface area (TPSA) is 47.1 Å². The Kier molecular flexibility index (Phi) is 5.63. The summed E-state index contributed by atoms with van der Waals surface area (Å²) in [5.41, 5.74) is 0. The van der Waals surface area contributed by atoms with Gasteiger partial charge in [0.2, 0.25) is 0 Å². The zero-order valence-corrected chi connectivity index (χ0v) is 11.0. The van der Waals surface area contributed by atoms with Crippen molar-refractivity contribution in [2.75, 3.05) is 55.4 Å². The lowest BCUT2D eigenvalue weighted by Crippen LogP contribution is -2.43. The number of nitrogens with zero attached hydrogens (tertiary/aromatic N) is 4. The van der Waals surface area contributed by atoms with Gasteiger partial charge in [-0.05, 0) is 0 Å². The lowest BCUT2D eigenvalue weighted by atomic mass is 10.5. The maximum atomic E-state index is 11.5. The summed E-state index contributed by atoms with van der Waals surface area (Å²) in [4.78, 5) is 29.2. The van der Waals surface area contributed by atoms with E-state index in [0.29, 0.717) is 13.1 Å². The largest absolute Gasteiger partial charge is 0.331 e. The molecule has 0 spiro atoms. The Morgan fingerprint density at radius 1 is 0.688 bits per heavy atom. The van der Waals surface area contributed by atoms with E-state index in [9.17, 15) is 9.59 Å². The molecule has 0 fully saturated rings. The van der Waals surface area contributed by atoms with E-state index in [4.69, 9.17) is 0 Å². The minimum absolute atomic E-state index is 0.0642. The van der Waals surface area contributed by atoms with Crippen LogP contribution >= 0.6 is 0 Å². The summed E-state index contributed by atoms with van der Waals surface area (Å²) < 4.78 is 0. The first-order valence-electron chi connectivity index (χ1n) is 5.12. The monoisotopic (exact) mass is 230 g/mol. The Morgan fingerprint density at radius 2 is 0.938 bits per heavy atom. The molecule has 0 bridgehead atoms. The number of amides is 4. The van der Waals surface area contributed by atoms with Gasteiger partial charge in [-0.15, -0.1) is 0 Å². The lowest BCUT2D eigenvalue weighted by Gasteiger charge is -2.26. The van der Waals surface area contributed by atoms with Crippen LogP contribution < -0.4 is 0 Å². The molecule has 0 aromatic rings. The summed E-state index contributed by atoms with van der Waals surface area (Å²) in [6, 6.07) is -0.128.